The van der Waals surface area contributed by atoms with Crippen molar-refractivity contribution in [2.75, 3.05) is 5.01 Å². The van der Waals surface area contributed by atoms with E-state index in [-0.39, 0.29) is 40.9 Å². The molecule has 1 saturated heterocycles. The highest BCUT2D eigenvalue weighted by Crippen LogP contribution is 2.72. The average Bonchev–Trinajstić information content (AvgIpc) is 3.17. The largest absolute Gasteiger partial charge is 0.273 e. The van der Waals surface area contributed by atoms with Crippen molar-refractivity contribution in [3.8, 4) is 0 Å². The summed E-state index contributed by atoms with van der Waals surface area (Å²) in [7, 11) is 0. The normalized spacial score (nSPS) is 37.8. The van der Waals surface area contributed by atoms with Gasteiger partial charge in [0.1, 0.15) is 0 Å². The van der Waals surface area contributed by atoms with Crippen LogP contribution in [-0.2, 0) is 9.59 Å². The lowest BCUT2D eigenvalue weighted by atomic mass is 9.80. The molecule has 1 aromatic carbocycles. The highest BCUT2D eigenvalue weighted by molar-refractivity contribution is 6.05. The molecule has 106 valence electrons. The van der Waals surface area contributed by atoms with Crippen LogP contribution >= 0.6 is 0 Å². The number of benzene rings is 1. The fraction of sp³-hybridized carbons (Fsp3) is 0.412. The molecule has 4 heteroatoms. The molecule has 1 aromatic rings. The van der Waals surface area contributed by atoms with E-state index < -0.39 is 0 Å². The summed E-state index contributed by atoms with van der Waals surface area (Å²) in [6.45, 7) is 0. The van der Waals surface area contributed by atoms with Crippen LogP contribution in [0.1, 0.15) is 12.8 Å². The minimum absolute atomic E-state index is 0.00609. The second-order valence-corrected chi connectivity index (χ2v) is 6.71. The number of rotatable bonds is 1. The lowest BCUT2D eigenvalue weighted by Crippen LogP contribution is -2.60. The first kappa shape index (κ1) is 11.5. The zero-order chi connectivity index (χ0) is 14.2. The third-order valence-corrected chi connectivity index (χ3v) is 5.89. The number of hydrogen-bond donors (Lipinski definition) is 1. The summed E-state index contributed by atoms with van der Waals surface area (Å²) >= 11 is 0. The third kappa shape index (κ3) is 1.26. The molecule has 4 atom stereocenters. The van der Waals surface area contributed by atoms with Crippen LogP contribution in [0.5, 0.6) is 0 Å². The van der Waals surface area contributed by atoms with Gasteiger partial charge in [-0.15, -0.1) is 0 Å². The van der Waals surface area contributed by atoms with Crippen molar-refractivity contribution in [1.29, 1.82) is 0 Å². The molecule has 2 bridgehead atoms. The fourth-order valence-corrected chi connectivity index (χ4v) is 4.85. The Kier molecular flexibility index (Phi) is 1.96. The molecule has 5 rings (SSSR count). The topological polar surface area (TPSA) is 49.4 Å². The van der Waals surface area contributed by atoms with E-state index in [0.29, 0.717) is 0 Å². The van der Waals surface area contributed by atoms with Gasteiger partial charge in [0.25, 0.3) is 0 Å². The number of nitrogens with one attached hydrogen (secondary N) is 1. The molecule has 1 spiro atoms. The van der Waals surface area contributed by atoms with Crippen LogP contribution in [0.15, 0.2) is 42.5 Å². The number of anilines is 1. The molecule has 1 N–H and O–H groups in total. The fourth-order valence-electron chi connectivity index (χ4n) is 4.85. The Hall–Kier alpha value is -2.10. The van der Waals surface area contributed by atoms with Crippen molar-refractivity contribution in [1.82, 2.24) is 5.43 Å². The molecule has 0 radical (unpaired) electrons. The quantitative estimate of drug-likeness (QED) is 0.799. The summed E-state index contributed by atoms with van der Waals surface area (Å²) in [5, 5.41) is 1.45. The maximum absolute atomic E-state index is 12.9. The van der Waals surface area contributed by atoms with E-state index in [4.69, 9.17) is 0 Å². The van der Waals surface area contributed by atoms with Gasteiger partial charge in [0.2, 0.25) is 11.8 Å². The molecule has 2 saturated carbocycles. The Morgan fingerprint density at radius 3 is 2.33 bits per heavy atom. The van der Waals surface area contributed by atoms with E-state index in [2.05, 4.69) is 17.6 Å². The second kappa shape index (κ2) is 3.56. The number of carbonyl (C=O) groups excluding carboxylic acids is 2. The Morgan fingerprint density at radius 2 is 1.67 bits per heavy atom. The van der Waals surface area contributed by atoms with E-state index in [1.165, 1.54) is 5.01 Å². The van der Waals surface area contributed by atoms with Gasteiger partial charge in [-0.2, -0.15) is 0 Å². The average molecular weight is 280 g/mol. The number of nitrogens with zero attached hydrogens (tertiary/aromatic N) is 1. The Morgan fingerprint density at radius 1 is 1.00 bits per heavy atom. The molecule has 3 fully saturated rings. The maximum Gasteiger partial charge on any atom is 0.250 e. The zero-order valence-corrected chi connectivity index (χ0v) is 11.5. The predicted octanol–water partition coefficient (Wildman–Crippen LogP) is 1.89. The molecule has 4 aliphatic rings. The SMILES string of the molecule is O=C1NN(c2ccccc2)C(=O)[C@@H]2[C@@H]1[C@@H]1C=C[C@H]2C12CC2. The van der Waals surface area contributed by atoms with Crippen molar-refractivity contribution in [2.24, 2.45) is 29.1 Å². The number of fused-ring (bicyclic) bond motifs is 3. The molecule has 3 aliphatic carbocycles. The number of hydrogen-bond acceptors (Lipinski definition) is 2. The van der Waals surface area contributed by atoms with Crippen molar-refractivity contribution in [2.45, 2.75) is 12.8 Å². The molecule has 1 heterocycles. The maximum atomic E-state index is 12.9. The van der Waals surface area contributed by atoms with Crippen LogP contribution in [0.4, 0.5) is 5.69 Å². The van der Waals surface area contributed by atoms with Crippen molar-refractivity contribution < 1.29 is 9.59 Å². The van der Waals surface area contributed by atoms with Gasteiger partial charge in [-0.1, -0.05) is 30.4 Å². The van der Waals surface area contributed by atoms with Crippen LogP contribution < -0.4 is 10.4 Å². The van der Waals surface area contributed by atoms with Crippen molar-refractivity contribution >= 4 is 17.5 Å². The predicted molar refractivity (Wildman–Crippen MR) is 76.8 cm³/mol. The molecular weight excluding hydrogens is 264 g/mol. The number of para-hydroxylation sites is 1. The van der Waals surface area contributed by atoms with Gasteiger partial charge >= 0.3 is 0 Å². The first-order valence-corrected chi connectivity index (χ1v) is 7.60. The lowest BCUT2D eigenvalue weighted by Gasteiger charge is -2.37. The summed E-state index contributed by atoms with van der Waals surface area (Å²) in [4.78, 5) is 25.5. The molecular formula is C17H16N2O2. The minimum Gasteiger partial charge on any atom is -0.273 e. The van der Waals surface area contributed by atoms with Crippen LogP contribution in [0.25, 0.3) is 0 Å². The van der Waals surface area contributed by atoms with Crippen LogP contribution in [0, 0.1) is 29.1 Å². The van der Waals surface area contributed by atoms with Gasteiger partial charge in [0, 0.05) is 0 Å². The number of carbonyl (C=O) groups is 2. The molecule has 4 nitrogen and oxygen atoms in total. The molecule has 2 amide bonds. The van der Waals surface area contributed by atoms with E-state index in [9.17, 15) is 9.59 Å². The van der Waals surface area contributed by atoms with Gasteiger partial charge in [-0.25, -0.2) is 5.01 Å². The van der Waals surface area contributed by atoms with Gasteiger partial charge < -0.3 is 0 Å². The van der Waals surface area contributed by atoms with Gasteiger partial charge in [-0.3, -0.25) is 15.0 Å². The highest BCUT2D eigenvalue weighted by Gasteiger charge is 2.71. The second-order valence-electron chi connectivity index (χ2n) is 6.71. The van der Waals surface area contributed by atoms with Gasteiger partial charge in [-0.05, 0) is 42.2 Å². The summed E-state index contributed by atoms with van der Waals surface area (Å²) in [6, 6.07) is 9.37. The monoisotopic (exact) mass is 280 g/mol. The smallest absolute Gasteiger partial charge is 0.250 e. The Labute approximate surface area is 122 Å². The first-order valence-electron chi connectivity index (χ1n) is 7.60. The summed E-state index contributed by atoms with van der Waals surface area (Å²) in [6.07, 6.45) is 6.70. The first-order chi connectivity index (χ1) is 10.2. The molecule has 1 aliphatic heterocycles. The number of amides is 2. The van der Waals surface area contributed by atoms with Gasteiger partial charge in [0.05, 0.1) is 17.5 Å². The highest BCUT2D eigenvalue weighted by atomic mass is 16.2. The molecule has 21 heavy (non-hydrogen) atoms. The van der Waals surface area contributed by atoms with Crippen molar-refractivity contribution in [3.05, 3.63) is 42.5 Å². The van der Waals surface area contributed by atoms with E-state index in [1.54, 1.807) is 0 Å². The van der Waals surface area contributed by atoms with Crippen molar-refractivity contribution in [3.63, 3.8) is 0 Å². The van der Waals surface area contributed by atoms with Crippen LogP contribution in [0.3, 0.4) is 0 Å². The molecule has 0 unspecified atom stereocenters. The summed E-state index contributed by atoms with van der Waals surface area (Å²) in [5.41, 5.74) is 3.79. The Balaban J connectivity index is 1.57. The lowest BCUT2D eigenvalue weighted by molar-refractivity contribution is -0.140. The third-order valence-electron chi connectivity index (χ3n) is 5.89. The summed E-state index contributed by atoms with van der Waals surface area (Å²) < 4.78 is 0. The molecule has 0 aromatic heterocycles. The summed E-state index contributed by atoms with van der Waals surface area (Å²) in [5.74, 6) is 0.263. The van der Waals surface area contributed by atoms with Crippen LogP contribution in [-0.4, -0.2) is 11.8 Å². The number of allylic oxidation sites excluding steroid dienone is 2. The van der Waals surface area contributed by atoms with E-state index >= 15 is 0 Å². The zero-order valence-electron chi connectivity index (χ0n) is 11.5. The minimum atomic E-state index is -0.170. The van der Waals surface area contributed by atoms with Crippen LogP contribution in [0.2, 0.25) is 0 Å². The standard InChI is InChI=1S/C17H16N2O2/c20-15-13-11-6-7-12(17(11)8-9-17)14(13)16(21)19(18-15)10-4-2-1-3-5-10/h1-7,11-14H,8-9H2,(H,18,20)/t11-,12+,13-,14-/m0/s1. The van der Waals surface area contributed by atoms with E-state index in [0.717, 1.165) is 18.5 Å². The van der Waals surface area contributed by atoms with Gasteiger partial charge in [0.15, 0.2) is 0 Å². The van der Waals surface area contributed by atoms with E-state index in [1.807, 2.05) is 30.3 Å². The number of hydrazine groups is 1. The Bertz CT molecular complexity index is 677.